The zero-order valence-electron chi connectivity index (χ0n) is 20.1. The Hall–Kier alpha value is -3.16. The molecule has 1 aliphatic rings. The summed E-state index contributed by atoms with van der Waals surface area (Å²) in [6, 6.07) is 9.24. The maximum absolute atomic E-state index is 15.4. The molecule has 0 saturated heterocycles. The van der Waals surface area contributed by atoms with E-state index in [0.29, 0.717) is 12.4 Å². The summed E-state index contributed by atoms with van der Waals surface area (Å²) in [7, 11) is 0. The molecule has 2 aromatic carbocycles. The van der Waals surface area contributed by atoms with Crippen LogP contribution in [0.2, 0.25) is 10.0 Å². The number of aliphatic hydroxyl groups is 1. The van der Waals surface area contributed by atoms with Gasteiger partial charge < -0.3 is 19.3 Å². The Morgan fingerprint density at radius 1 is 1.28 bits per heavy atom. The van der Waals surface area contributed by atoms with Crippen LogP contribution < -0.4 is 10.2 Å². The molecule has 2 heterocycles. The highest BCUT2D eigenvalue weighted by Crippen LogP contribution is 2.36. The number of halogens is 3. The number of allylic oxidation sites excluding steroid dienone is 1. The molecule has 1 unspecified atom stereocenters. The van der Waals surface area contributed by atoms with E-state index in [2.05, 4.69) is 15.6 Å². The Kier molecular flexibility index (Phi) is 7.25. The van der Waals surface area contributed by atoms with E-state index in [1.54, 1.807) is 13.8 Å². The van der Waals surface area contributed by atoms with Crippen molar-refractivity contribution in [3.63, 3.8) is 0 Å². The molecule has 1 aliphatic heterocycles. The molecule has 0 radical (unpaired) electrons. The van der Waals surface area contributed by atoms with Crippen LogP contribution in [0.25, 0.3) is 5.57 Å². The third-order valence-corrected chi connectivity index (χ3v) is 6.03. The third-order valence-electron chi connectivity index (χ3n) is 5.51. The van der Waals surface area contributed by atoms with Crippen LogP contribution in [0.5, 0.6) is 11.5 Å². The van der Waals surface area contributed by atoms with Crippen LogP contribution in [0.4, 0.5) is 4.39 Å². The average molecular weight is 532 g/mol. The van der Waals surface area contributed by atoms with Crippen LogP contribution in [-0.2, 0) is 6.42 Å². The van der Waals surface area contributed by atoms with Gasteiger partial charge in [-0.2, -0.15) is 5.26 Å². The van der Waals surface area contributed by atoms with Gasteiger partial charge in [-0.25, -0.2) is 9.82 Å². The summed E-state index contributed by atoms with van der Waals surface area (Å²) >= 11 is 12.2. The smallest absolute Gasteiger partial charge is 0.247 e. The van der Waals surface area contributed by atoms with Gasteiger partial charge in [0.2, 0.25) is 11.8 Å². The number of nitrogens with zero attached hydrogens (tertiary/aromatic N) is 4. The molecule has 36 heavy (non-hydrogen) atoms. The topological polar surface area (TPSA) is 107 Å². The molecule has 4 rings (SSSR count). The average Bonchev–Trinajstić information content (AvgIpc) is 3.35. The predicted molar refractivity (Wildman–Crippen MR) is 133 cm³/mol. The number of ether oxygens (including phenoxy) is 1. The molecule has 0 amide bonds. The molecule has 0 spiro atoms. The highest BCUT2D eigenvalue weighted by atomic mass is 35.5. The van der Waals surface area contributed by atoms with Gasteiger partial charge in [0.25, 0.3) is 0 Å². The summed E-state index contributed by atoms with van der Waals surface area (Å²) in [5.74, 6) is -0.189. The second-order valence-corrected chi connectivity index (χ2v) is 10.0. The Morgan fingerprint density at radius 3 is 2.72 bits per heavy atom. The van der Waals surface area contributed by atoms with Crippen LogP contribution in [-0.4, -0.2) is 38.5 Å². The number of aromatic nitrogens is 2. The van der Waals surface area contributed by atoms with E-state index >= 15 is 4.39 Å². The van der Waals surface area contributed by atoms with Crippen molar-refractivity contribution >= 4 is 28.8 Å². The fourth-order valence-electron chi connectivity index (χ4n) is 3.95. The van der Waals surface area contributed by atoms with Gasteiger partial charge in [0.05, 0.1) is 46.8 Å². The van der Waals surface area contributed by atoms with Crippen molar-refractivity contribution < 1.29 is 18.7 Å². The van der Waals surface area contributed by atoms with E-state index in [1.165, 1.54) is 30.3 Å². The molecule has 0 fully saturated rings. The van der Waals surface area contributed by atoms with Crippen LogP contribution in [0, 0.1) is 17.1 Å². The molecule has 1 atom stereocenters. The van der Waals surface area contributed by atoms with Crippen molar-refractivity contribution in [2.75, 3.05) is 6.54 Å². The minimum atomic E-state index is -0.906. The maximum atomic E-state index is 15.4. The molecule has 188 valence electrons. The van der Waals surface area contributed by atoms with Gasteiger partial charge in [-0.1, -0.05) is 29.3 Å². The van der Waals surface area contributed by atoms with E-state index < -0.39 is 11.4 Å². The zero-order valence-corrected chi connectivity index (χ0v) is 21.6. The standard InChI is InChI=1S/C25H24Cl2FN5O3/c1-13-21(14(2)33(32-13)12-25(3,4)34)24-31-30-20(36-24)9-16-5-6-19(27)23(22(16)28)35-18-8-15(11-29)7-17(26)10-18/h5-8,10,13,32,34H,9,12H2,1-4H3. The van der Waals surface area contributed by atoms with Gasteiger partial charge in [0, 0.05) is 16.3 Å². The van der Waals surface area contributed by atoms with Crippen molar-refractivity contribution in [3.05, 3.63) is 74.8 Å². The fraction of sp³-hybridized carbons (Fsp3) is 0.320. The van der Waals surface area contributed by atoms with Crippen molar-refractivity contribution in [2.45, 2.75) is 45.8 Å². The lowest BCUT2D eigenvalue weighted by molar-refractivity contribution is 0.0341. The van der Waals surface area contributed by atoms with Crippen molar-refractivity contribution in [1.29, 1.82) is 5.26 Å². The predicted octanol–water partition coefficient (Wildman–Crippen LogP) is 5.48. The van der Waals surface area contributed by atoms with E-state index in [0.717, 1.165) is 11.3 Å². The largest absolute Gasteiger partial charge is 0.453 e. The first-order valence-corrected chi connectivity index (χ1v) is 11.9. The molecular formula is C25H24Cl2FN5O3. The van der Waals surface area contributed by atoms with Gasteiger partial charge in [-0.15, -0.1) is 10.2 Å². The number of β-amino-alcohol motifs (C(OH)–C–C–N with tert-alkyl or cyclic N) is 1. The normalized spacial score (nSPS) is 16.0. The molecule has 11 heteroatoms. The highest BCUT2D eigenvalue weighted by Gasteiger charge is 2.32. The lowest BCUT2D eigenvalue weighted by atomic mass is 10.1. The third kappa shape index (κ3) is 5.63. The molecule has 0 saturated carbocycles. The summed E-state index contributed by atoms with van der Waals surface area (Å²) in [5, 5.41) is 29.8. The van der Waals surface area contributed by atoms with E-state index in [9.17, 15) is 5.11 Å². The molecule has 2 N–H and O–H groups in total. The number of hydrogen-bond acceptors (Lipinski definition) is 8. The number of rotatable bonds is 7. The van der Waals surface area contributed by atoms with Crippen LogP contribution in [0.3, 0.4) is 0 Å². The Labute approximate surface area is 217 Å². The van der Waals surface area contributed by atoms with Gasteiger partial charge in [-0.3, -0.25) is 0 Å². The maximum Gasteiger partial charge on any atom is 0.247 e. The fourth-order valence-corrected chi connectivity index (χ4v) is 4.36. The first kappa shape index (κ1) is 25.9. The van der Waals surface area contributed by atoms with Crippen LogP contribution in [0.15, 0.2) is 40.4 Å². The summed E-state index contributed by atoms with van der Waals surface area (Å²) in [6.07, 6.45) is 0.00682. The lowest BCUT2D eigenvalue weighted by Gasteiger charge is -2.28. The number of hydrazine groups is 1. The van der Waals surface area contributed by atoms with Gasteiger partial charge in [0.15, 0.2) is 11.6 Å². The van der Waals surface area contributed by atoms with Crippen molar-refractivity contribution in [3.8, 4) is 17.6 Å². The minimum Gasteiger partial charge on any atom is -0.453 e. The van der Waals surface area contributed by atoms with E-state index in [4.69, 9.17) is 37.6 Å². The summed E-state index contributed by atoms with van der Waals surface area (Å²) in [5.41, 5.74) is 4.53. The zero-order chi connectivity index (χ0) is 26.2. The van der Waals surface area contributed by atoms with Crippen molar-refractivity contribution in [2.24, 2.45) is 0 Å². The Morgan fingerprint density at radius 2 is 2.03 bits per heavy atom. The second kappa shape index (κ2) is 10.1. The minimum absolute atomic E-state index is 0.00682. The van der Waals surface area contributed by atoms with E-state index in [-0.39, 0.29) is 51.0 Å². The molecule has 0 bridgehead atoms. The molecule has 3 aromatic rings. The number of hydrogen-bond donors (Lipinski definition) is 2. The summed E-state index contributed by atoms with van der Waals surface area (Å²) in [6.45, 7) is 7.67. The number of benzene rings is 2. The van der Waals surface area contributed by atoms with Crippen LogP contribution >= 0.6 is 23.2 Å². The quantitative estimate of drug-likeness (QED) is 0.412. The van der Waals surface area contributed by atoms with Gasteiger partial charge in [0.1, 0.15) is 5.75 Å². The summed E-state index contributed by atoms with van der Waals surface area (Å²) in [4.78, 5) is 0. The molecule has 8 nitrogen and oxygen atoms in total. The lowest BCUT2D eigenvalue weighted by Crippen LogP contribution is -2.44. The SMILES string of the molecule is CC1=C(c2nnc(Cc3ccc(Cl)c(Oc4cc(Cl)cc(C#N)c4)c3F)o2)C(C)NN1CC(C)(C)O. The molecule has 1 aromatic heterocycles. The van der Waals surface area contributed by atoms with Gasteiger partial charge >= 0.3 is 0 Å². The van der Waals surface area contributed by atoms with Gasteiger partial charge in [-0.05, 0) is 52.0 Å². The first-order chi connectivity index (χ1) is 16.9. The Bertz CT molecular complexity index is 1380. The monoisotopic (exact) mass is 531 g/mol. The van der Waals surface area contributed by atoms with Crippen molar-refractivity contribution in [1.82, 2.24) is 20.6 Å². The highest BCUT2D eigenvalue weighted by molar-refractivity contribution is 6.32. The molecular weight excluding hydrogens is 508 g/mol. The molecule has 0 aliphatic carbocycles. The Balaban J connectivity index is 1.58. The number of nitriles is 1. The van der Waals surface area contributed by atoms with E-state index in [1.807, 2.05) is 24.9 Å². The van der Waals surface area contributed by atoms with Crippen LogP contribution in [0.1, 0.15) is 50.6 Å². The second-order valence-electron chi connectivity index (χ2n) is 9.17. The number of nitrogens with one attached hydrogen (secondary N) is 1. The first-order valence-electron chi connectivity index (χ1n) is 11.1. The summed E-state index contributed by atoms with van der Waals surface area (Å²) < 4.78 is 26.9.